The third kappa shape index (κ3) is 2.50. The van der Waals surface area contributed by atoms with Crippen molar-refractivity contribution in [3.63, 3.8) is 0 Å². The lowest BCUT2D eigenvalue weighted by Crippen LogP contribution is -2.17. The van der Waals surface area contributed by atoms with E-state index in [1.807, 2.05) is 0 Å². The molecule has 0 spiro atoms. The Balaban J connectivity index is 1.84. The zero-order valence-electron chi connectivity index (χ0n) is 7.93. The van der Waals surface area contributed by atoms with Crippen LogP contribution in [0.25, 0.3) is 0 Å². The van der Waals surface area contributed by atoms with Crippen molar-refractivity contribution in [3.05, 3.63) is 11.1 Å². The lowest BCUT2D eigenvalue weighted by atomic mass is 9.93. The van der Waals surface area contributed by atoms with Crippen LogP contribution in [0, 0.1) is 5.92 Å². The summed E-state index contributed by atoms with van der Waals surface area (Å²) in [5.74, 6) is 0.584. The molecule has 0 bridgehead atoms. The van der Waals surface area contributed by atoms with Crippen LogP contribution < -0.4 is 0 Å². The van der Waals surface area contributed by atoms with Gasteiger partial charge in [-0.1, -0.05) is 4.49 Å². The maximum atomic E-state index is 9.85. The predicted octanol–water partition coefficient (Wildman–Crippen LogP) is 1.39. The first-order valence-electron chi connectivity index (χ1n) is 4.89. The maximum absolute atomic E-state index is 9.85. The lowest BCUT2D eigenvalue weighted by Gasteiger charge is -2.23. The smallest absolute Gasteiger partial charge is 0.0916 e. The van der Waals surface area contributed by atoms with Crippen LogP contribution >= 0.6 is 11.5 Å². The van der Waals surface area contributed by atoms with Crippen LogP contribution in [0.3, 0.4) is 0 Å². The van der Waals surface area contributed by atoms with Gasteiger partial charge in [0.1, 0.15) is 0 Å². The maximum Gasteiger partial charge on any atom is 0.0916 e. The number of rotatable bonds is 3. The van der Waals surface area contributed by atoms with Crippen molar-refractivity contribution >= 4 is 11.5 Å². The minimum atomic E-state index is -0.391. The number of aliphatic hydroxyl groups excluding tert-OH is 1. The third-order valence-corrected chi connectivity index (χ3v) is 3.37. The second-order valence-corrected chi connectivity index (χ2v) is 4.44. The zero-order valence-corrected chi connectivity index (χ0v) is 8.74. The molecule has 2 rings (SSSR count). The first-order valence-corrected chi connectivity index (χ1v) is 5.66. The highest BCUT2D eigenvalue weighted by Gasteiger charge is 2.19. The van der Waals surface area contributed by atoms with Gasteiger partial charge in [0.15, 0.2) is 0 Å². The van der Waals surface area contributed by atoms with E-state index in [-0.39, 0.29) is 0 Å². The number of hydrogen-bond donors (Lipinski definition) is 1. The van der Waals surface area contributed by atoms with Crippen molar-refractivity contribution in [2.24, 2.45) is 5.92 Å². The summed E-state index contributed by atoms with van der Waals surface area (Å²) in [5.41, 5.74) is 0. The number of ether oxygens (including phenoxy) is 1. The number of aromatic nitrogens is 2. The van der Waals surface area contributed by atoms with Gasteiger partial charge in [0, 0.05) is 13.2 Å². The van der Waals surface area contributed by atoms with Crippen molar-refractivity contribution in [2.75, 3.05) is 13.2 Å². The molecule has 14 heavy (non-hydrogen) atoms. The highest BCUT2D eigenvalue weighted by atomic mass is 32.1. The second kappa shape index (κ2) is 4.82. The van der Waals surface area contributed by atoms with Gasteiger partial charge >= 0.3 is 0 Å². The minimum Gasteiger partial charge on any atom is -0.387 e. The molecule has 1 unspecified atom stereocenters. The van der Waals surface area contributed by atoms with Gasteiger partial charge in [-0.15, -0.1) is 5.10 Å². The SMILES string of the molecule is OC(CC1CCOCC1)c1cnns1. The quantitative estimate of drug-likeness (QED) is 0.826. The van der Waals surface area contributed by atoms with Crippen LogP contribution in [-0.2, 0) is 4.74 Å². The van der Waals surface area contributed by atoms with Crippen LogP contribution in [0.5, 0.6) is 0 Å². The summed E-state index contributed by atoms with van der Waals surface area (Å²) in [6.45, 7) is 1.66. The Morgan fingerprint density at radius 2 is 2.36 bits per heavy atom. The predicted molar refractivity (Wildman–Crippen MR) is 53.0 cm³/mol. The summed E-state index contributed by atoms with van der Waals surface area (Å²) < 4.78 is 9.01. The summed E-state index contributed by atoms with van der Waals surface area (Å²) in [5, 5.41) is 13.6. The van der Waals surface area contributed by atoms with E-state index in [0.29, 0.717) is 5.92 Å². The summed E-state index contributed by atoms with van der Waals surface area (Å²) in [7, 11) is 0. The normalized spacial score (nSPS) is 20.9. The molecule has 78 valence electrons. The topological polar surface area (TPSA) is 55.2 Å². The Labute approximate surface area is 87.1 Å². The molecule has 0 saturated carbocycles. The standard InChI is InChI=1S/C9H14N2O2S/c12-8(9-6-10-11-14-9)5-7-1-3-13-4-2-7/h6-8,12H,1-5H2. The molecule has 1 N–H and O–H groups in total. The summed E-state index contributed by atoms with van der Waals surface area (Å²) in [6, 6.07) is 0. The molecule has 2 heterocycles. The molecular weight excluding hydrogens is 200 g/mol. The van der Waals surface area contributed by atoms with E-state index in [2.05, 4.69) is 9.59 Å². The van der Waals surface area contributed by atoms with Crippen molar-refractivity contribution in [2.45, 2.75) is 25.4 Å². The Kier molecular flexibility index (Phi) is 3.44. The molecule has 1 atom stereocenters. The van der Waals surface area contributed by atoms with Gasteiger partial charge in [-0.05, 0) is 36.7 Å². The molecule has 0 aromatic carbocycles. The van der Waals surface area contributed by atoms with Crippen LogP contribution in [-0.4, -0.2) is 27.9 Å². The monoisotopic (exact) mass is 214 g/mol. The average Bonchev–Trinajstić information content (AvgIpc) is 2.72. The molecule has 0 radical (unpaired) electrons. The molecule has 4 nitrogen and oxygen atoms in total. The fourth-order valence-electron chi connectivity index (χ4n) is 1.74. The minimum absolute atomic E-state index is 0.391. The first-order chi connectivity index (χ1) is 6.86. The van der Waals surface area contributed by atoms with E-state index in [1.165, 1.54) is 11.5 Å². The number of aliphatic hydroxyl groups is 1. The molecule has 1 fully saturated rings. The Hall–Kier alpha value is -0.520. The largest absolute Gasteiger partial charge is 0.387 e. The van der Waals surface area contributed by atoms with E-state index < -0.39 is 6.10 Å². The molecule has 1 aliphatic heterocycles. The lowest BCUT2D eigenvalue weighted by molar-refractivity contribution is 0.0441. The first kappa shape index (κ1) is 10.0. The van der Waals surface area contributed by atoms with E-state index in [1.54, 1.807) is 6.20 Å². The van der Waals surface area contributed by atoms with Gasteiger partial charge in [0.05, 0.1) is 17.2 Å². The number of hydrogen-bond acceptors (Lipinski definition) is 5. The Morgan fingerprint density at radius 1 is 1.57 bits per heavy atom. The van der Waals surface area contributed by atoms with Crippen LogP contribution in [0.2, 0.25) is 0 Å². The van der Waals surface area contributed by atoms with Crippen molar-refractivity contribution in [3.8, 4) is 0 Å². The summed E-state index contributed by atoms with van der Waals surface area (Å²) >= 11 is 1.28. The van der Waals surface area contributed by atoms with Gasteiger partial charge in [0.25, 0.3) is 0 Å². The van der Waals surface area contributed by atoms with Crippen molar-refractivity contribution < 1.29 is 9.84 Å². The van der Waals surface area contributed by atoms with Gasteiger partial charge in [0.2, 0.25) is 0 Å². The van der Waals surface area contributed by atoms with Crippen LogP contribution in [0.1, 0.15) is 30.2 Å². The van der Waals surface area contributed by atoms with E-state index in [4.69, 9.17) is 4.74 Å². The van der Waals surface area contributed by atoms with Crippen LogP contribution in [0.15, 0.2) is 6.20 Å². The van der Waals surface area contributed by atoms with Crippen LogP contribution in [0.4, 0.5) is 0 Å². The van der Waals surface area contributed by atoms with Crippen molar-refractivity contribution in [1.82, 2.24) is 9.59 Å². The van der Waals surface area contributed by atoms with E-state index in [9.17, 15) is 5.11 Å². The summed E-state index contributed by atoms with van der Waals surface area (Å²) in [6.07, 6.45) is 4.19. The van der Waals surface area contributed by atoms with Gasteiger partial charge in [-0.2, -0.15) is 0 Å². The zero-order chi connectivity index (χ0) is 9.80. The van der Waals surface area contributed by atoms with E-state index >= 15 is 0 Å². The molecule has 1 aliphatic rings. The average molecular weight is 214 g/mol. The van der Waals surface area contributed by atoms with Gasteiger partial charge < -0.3 is 9.84 Å². The fraction of sp³-hybridized carbons (Fsp3) is 0.778. The fourth-order valence-corrected chi connectivity index (χ4v) is 2.24. The van der Waals surface area contributed by atoms with Crippen molar-refractivity contribution in [1.29, 1.82) is 0 Å². The molecule has 1 saturated heterocycles. The molecular formula is C9H14N2O2S. The Bertz CT molecular complexity index is 260. The van der Waals surface area contributed by atoms with Gasteiger partial charge in [-0.3, -0.25) is 0 Å². The third-order valence-electron chi connectivity index (χ3n) is 2.60. The molecule has 1 aromatic heterocycles. The molecule has 5 heteroatoms. The molecule has 0 amide bonds. The highest BCUT2D eigenvalue weighted by molar-refractivity contribution is 7.05. The molecule has 0 aliphatic carbocycles. The second-order valence-electron chi connectivity index (χ2n) is 3.63. The number of nitrogens with zero attached hydrogens (tertiary/aromatic N) is 2. The highest BCUT2D eigenvalue weighted by Crippen LogP contribution is 2.28. The van der Waals surface area contributed by atoms with Gasteiger partial charge in [-0.25, -0.2) is 0 Å². The Morgan fingerprint density at radius 3 is 3.00 bits per heavy atom. The summed E-state index contributed by atoms with van der Waals surface area (Å²) in [4.78, 5) is 0.872. The molecule has 1 aromatic rings. The van der Waals surface area contributed by atoms with E-state index in [0.717, 1.165) is 37.4 Å².